The van der Waals surface area contributed by atoms with Crippen LogP contribution in [0.3, 0.4) is 0 Å². The fourth-order valence-electron chi connectivity index (χ4n) is 2.47. The van der Waals surface area contributed by atoms with Crippen molar-refractivity contribution in [2.24, 2.45) is 0 Å². The summed E-state index contributed by atoms with van der Waals surface area (Å²) in [4.78, 5) is 0. The van der Waals surface area contributed by atoms with Crippen LogP contribution >= 0.6 is 0 Å². The van der Waals surface area contributed by atoms with Crippen LogP contribution < -0.4 is 0 Å². The van der Waals surface area contributed by atoms with E-state index in [2.05, 4.69) is 10.2 Å². The van der Waals surface area contributed by atoms with E-state index in [0.29, 0.717) is 5.82 Å². The van der Waals surface area contributed by atoms with Crippen molar-refractivity contribution in [2.75, 3.05) is 6.61 Å². The van der Waals surface area contributed by atoms with Gasteiger partial charge in [0, 0.05) is 18.7 Å². The number of nitrogens with zero attached hydrogens (tertiary/aromatic N) is 3. The number of aromatic nitrogens is 3. The standard InChI is InChI=1S/C14H17N3O2/c18-10-14-16-15-13(9-12-7-4-8-19-12)17(14)11-5-2-1-3-6-11/h1-3,5-6,12,18H,4,7-10H2. The van der Waals surface area contributed by atoms with Crippen molar-refractivity contribution in [2.45, 2.75) is 32.0 Å². The molecule has 0 radical (unpaired) electrons. The molecule has 100 valence electrons. The molecule has 5 heteroatoms. The molecule has 0 aliphatic carbocycles. The summed E-state index contributed by atoms with van der Waals surface area (Å²) in [5, 5.41) is 17.7. The lowest BCUT2D eigenvalue weighted by Gasteiger charge is -2.12. The molecule has 2 heterocycles. The van der Waals surface area contributed by atoms with Gasteiger partial charge in [-0.15, -0.1) is 10.2 Å². The average molecular weight is 259 g/mol. The lowest BCUT2D eigenvalue weighted by molar-refractivity contribution is 0.109. The maximum absolute atomic E-state index is 9.40. The minimum absolute atomic E-state index is 0.118. The van der Waals surface area contributed by atoms with Crippen LogP contribution in [0.15, 0.2) is 30.3 Å². The molecule has 1 fully saturated rings. The Morgan fingerprint density at radius 1 is 1.21 bits per heavy atom. The first-order valence-corrected chi connectivity index (χ1v) is 6.59. The highest BCUT2D eigenvalue weighted by Crippen LogP contribution is 2.19. The van der Waals surface area contributed by atoms with Crippen molar-refractivity contribution >= 4 is 0 Å². The summed E-state index contributed by atoms with van der Waals surface area (Å²) in [5.74, 6) is 1.42. The molecule has 19 heavy (non-hydrogen) atoms. The minimum atomic E-state index is -0.118. The second-order valence-electron chi connectivity index (χ2n) is 4.70. The van der Waals surface area contributed by atoms with E-state index < -0.39 is 0 Å². The Balaban J connectivity index is 1.93. The summed E-state index contributed by atoms with van der Waals surface area (Å²) < 4.78 is 7.57. The molecule has 0 bridgehead atoms. The Morgan fingerprint density at radius 2 is 2.00 bits per heavy atom. The van der Waals surface area contributed by atoms with E-state index in [1.54, 1.807) is 0 Å². The van der Waals surface area contributed by atoms with Crippen LogP contribution in [0.1, 0.15) is 24.5 Å². The number of rotatable bonds is 4. The first kappa shape index (κ1) is 12.3. The smallest absolute Gasteiger partial charge is 0.163 e. The fraction of sp³-hybridized carbons (Fsp3) is 0.429. The van der Waals surface area contributed by atoms with Crippen LogP contribution in [-0.2, 0) is 17.8 Å². The van der Waals surface area contributed by atoms with Gasteiger partial charge in [-0.2, -0.15) is 0 Å². The Morgan fingerprint density at radius 3 is 2.68 bits per heavy atom. The SMILES string of the molecule is OCc1nnc(CC2CCCO2)n1-c1ccccc1. The van der Waals surface area contributed by atoms with Crippen LogP contribution in [0.4, 0.5) is 0 Å². The monoisotopic (exact) mass is 259 g/mol. The van der Waals surface area contributed by atoms with Gasteiger partial charge in [-0.1, -0.05) is 18.2 Å². The van der Waals surface area contributed by atoms with Crippen LogP contribution in [0.25, 0.3) is 5.69 Å². The molecule has 1 aliphatic heterocycles. The third-order valence-corrected chi connectivity index (χ3v) is 3.39. The van der Waals surface area contributed by atoms with Crippen molar-refractivity contribution in [3.05, 3.63) is 42.0 Å². The maximum atomic E-state index is 9.40. The zero-order valence-electron chi connectivity index (χ0n) is 10.7. The lowest BCUT2D eigenvalue weighted by Crippen LogP contribution is -2.14. The highest BCUT2D eigenvalue weighted by Gasteiger charge is 2.21. The van der Waals surface area contributed by atoms with Crippen LogP contribution in [-0.4, -0.2) is 32.6 Å². The number of aliphatic hydroxyl groups excluding tert-OH is 1. The highest BCUT2D eigenvalue weighted by atomic mass is 16.5. The first-order chi connectivity index (χ1) is 9.38. The van der Waals surface area contributed by atoms with Gasteiger partial charge in [0.05, 0.1) is 6.10 Å². The average Bonchev–Trinajstić information content (AvgIpc) is 3.09. The van der Waals surface area contributed by atoms with E-state index >= 15 is 0 Å². The van der Waals surface area contributed by atoms with Gasteiger partial charge < -0.3 is 9.84 Å². The second-order valence-corrected chi connectivity index (χ2v) is 4.70. The summed E-state index contributed by atoms with van der Waals surface area (Å²) >= 11 is 0. The Bertz CT molecular complexity index is 533. The molecule has 1 unspecified atom stereocenters. The Hall–Kier alpha value is -1.72. The predicted octanol–water partition coefficient (Wildman–Crippen LogP) is 1.48. The molecule has 5 nitrogen and oxygen atoms in total. The third kappa shape index (κ3) is 2.52. The number of ether oxygens (including phenoxy) is 1. The fourth-order valence-corrected chi connectivity index (χ4v) is 2.47. The summed E-state index contributed by atoms with van der Waals surface area (Å²) in [6.45, 7) is 0.713. The van der Waals surface area contributed by atoms with Gasteiger partial charge in [0.2, 0.25) is 0 Å². The molecule has 3 rings (SSSR count). The topological polar surface area (TPSA) is 60.2 Å². The summed E-state index contributed by atoms with van der Waals surface area (Å²) in [7, 11) is 0. The summed E-state index contributed by atoms with van der Waals surface area (Å²) in [6.07, 6.45) is 3.13. The molecular formula is C14H17N3O2. The molecule has 0 amide bonds. The molecule has 1 atom stereocenters. The minimum Gasteiger partial charge on any atom is -0.388 e. The number of hydrogen-bond acceptors (Lipinski definition) is 4. The Kier molecular flexibility index (Phi) is 3.57. The number of benzene rings is 1. The van der Waals surface area contributed by atoms with E-state index in [9.17, 15) is 5.11 Å². The van der Waals surface area contributed by atoms with Gasteiger partial charge in [0.25, 0.3) is 0 Å². The molecule has 0 spiro atoms. The molecular weight excluding hydrogens is 242 g/mol. The number of aliphatic hydroxyl groups is 1. The molecule has 1 N–H and O–H groups in total. The molecule has 1 aromatic heterocycles. The largest absolute Gasteiger partial charge is 0.388 e. The van der Waals surface area contributed by atoms with Gasteiger partial charge in [-0.25, -0.2) is 0 Å². The Labute approximate surface area is 111 Å². The predicted molar refractivity (Wildman–Crippen MR) is 70.0 cm³/mol. The second kappa shape index (κ2) is 5.50. The van der Waals surface area contributed by atoms with Crippen molar-refractivity contribution in [1.82, 2.24) is 14.8 Å². The van der Waals surface area contributed by atoms with E-state index in [4.69, 9.17) is 4.74 Å². The van der Waals surface area contributed by atoms with Gasteiger partial charge in [-0.3, -0.25) is 4.57 Å². The number of para-hydroxylation sites is 1. The number of hydrogen-bond donors (Lipinski definition) is 1. The zero-order chi connectivity index (χ0) is 13.1. The van der Waals surface area contributed by atoms with E-state index in [-0.39, 0.29) is 12.7 Å². The van der Waals surface area contributed by atoms with Gasteiger partial charge in [-0.05, 0) is 25.0 Å². The zero-order valence-corrected chi connectivity index (χ0v) is 10.7. The normalized spacial score (nSPS) is 18.9. The van der Waals surface area contributed by atoms with Gasteiger partial charge >= 0.3 is 0 Å². The molecule has 1 aromatic carbocycles. The quantitative estimate of drug-likeness (QED) is 0.903. The lowest BCUT2D eigenvalue weighted by atomic mass is 10.1. The van der Waals surface area contributed by atoms with Gasteiger partial charge in [0.1, 0.15) is 12.4 Å². The van der Waals surface area contributed by atoms with E-state index in [1.165, 1.54) is 0 Å². The van der Waals surface area contributed by atoms with Crippen LogP contribution in [0, 0.1) is 0 Å². The third-order valence-electron chi connectivity index (χ3n) is 3.39. The first-order valence-electron chi connectivity index (χ1n) is 6.59. The summed E-state index contributed by atoms with van der Waals surface area (Å²) in [6, 6.07) is 9.87. The van der Waals surface area contributed by atoms with Crippen LogP contribution in [0.2, 0.25) is 0 Å². The summed E-state index contributed by atoms with van der Waals surface area (Å²) in [5.41, 5.74) is 0.976. The van der Waals surface area contributed by atoms with Crippen molar-refractivity contribution in [1.29, 1.82) is 0 Å². The van der Waals surface area contributed by atoms with Crippen LogP contribution in [0.5, 0.6) is 0 Å². The van der Waals surface area contributed by atoms with E-state index in [1.807, 2.05) is 34.9 Å². The molecule has 2 aromatic rings. The van der Waals surface area contributed by atoms with Crippen molar-refractivity contribution in [3.8, 4) is 5.69 Å². The van der Waals surface area contributed by atoms with E-state index in [0.717, 1.165) is 37.4 Å². The molecule has 0 saturated carbocycles. The van der Waals surface area contributed by atoms with Crippen molar-refractivity contribution in [3.63, 3.8) is 0 Å². The molecule has 1 saturated heterocycles. The highest BCUT2D eigenvalue weighted by molar-refractivity contribution is 5.34. The van der Waals surface area contributed by atoms with Crippen molar-refractivity contribution < 1.29 is 9.84 Å². The maximum Gasteiger partial charge on any atom is 0.163 e. The molecule has 1 aliphatic rings. The van der Waals surface area contributed by atoms with Gasteiger partial charge in [0.15, 0.2) is 5.82 Å².